The topological polar surface area (TPSA) is 20.2 Å². The monoisotopic (exact) mass is 405 g/mol. The van der Waals surface area contributed by atoms with Crippen molar-refractivity contribution in [3.05, 3.63) is 24.0 Å². The molecular formula is C10H15I2O-. The normalized spacial score (nSPS) is 27.0. The third-order valence-electron chi connectivity index (χ3n) is 2.21. The number of aliphatic hydroxyl groups excluding tert-OH is 1. The molecule has 0 aromatic carbocycles. The van der Waals surface area contributed by atoms with E-state index in [2.05, 4.69) is 40.5 Å². The first kappa shape index (κ1) is 11.8. The Morgan fingerprint density at radius 1 is 1.69 bits per heavy atom. The molecule has 13 heavy (non-hydrogen) atoms. The summed E-state index contributed by atoms with van der Waals surface area (Å²) in [5, 5.41) is 9.20. The van der Waals surface area contributed by atoms with Gasteiger partial charge < -0.3 is 0 Å². The second kappa shape index (κ2) is 5.58. The van der Waals surface area contributed by atoms with Crippen LogP contribution < -0.4 is 21.2 Å². The molecule has 0 heterocycles. The molecule has 0 saturated heterocycles. The Hall–Kier alpha value is 0.740. The van der Waals surface area contributed by atoms with Crippen molar-refractivity contribution in [2.45, 2.75) is 21.2 Å². The van der Waals surface area contributed by atoms with Gasteiger partial charge in [-0.15, -0.1) is 0 Å². The summed E-state index contributed by atoms with van der Waals surface area (Å²) in [4.78, 5) is 2.35. The number of halogens is 2. The van der Waals surface area contributed by atoms with Gasteiger partial charge in [0.25, 0.3) is 0 Å². The van der Waals surface area contributed by atoms with Crippen molar-refractivity contribution >= 4 is 22.6 Å². The fraction of sp³-hybridized carbons (Fsp3) is 0.600. The molecule has 0 saturated carbocycles. The average Bonchev–Trinajstić information content (AvgIpc) is 2.09. The minimum atomic E-state index is 0.292. The summed E-state index contributed by atoms with van der Waals surface area (Å²) in [6.45, 7) is 2.29. The second-order valence-corrected chi connectivity index (χ2v) is 7.88. The fourth-order valence-electron chi connectivity index (χ4n) is 1.54. The maximum atomic E-state index is 9.20. The van der Waals surface area contributed by atoms with Crippen LogP contribution in [-0.2, 0) is 0 Å². The van der Waals surface area contributed by atoms with Crippen LogP contribution >= 0.6 is 22.6 Å². The van der Waals surface area contributed by atoms with Gasteiger partial charge in [0.15, 0.2) is 0 Å². The number of hydrogen-bond acceptors (Lipinski definition) is 1. The molecule has 1 nitrogen and oxygen atoms in total. The van der Waals surface area contributed by atoms with Crippen LogP contribution in [0, 0.1) is 5.92 Å². The van der Waals surface area contributed by atoms with Gasteiger partial charge in [-0.25, -0.2) is 0 Å². The van der Waals surface area contributed by atoms with Crippen molar-refractivity contribution in [2.75, 3.05) is 4.93 Å². The van der Waals surface area contributed by atoms with Crippen LogP contribution in [-0.4, -0.2) is 17.9 Å². The van der Waals surface area contributed by atoms with Gasteiger partial charge in [0.2, 0.25) is 0 Å². The third kappa shape index (κ3) is 3.42. The Balaban J connectivity index is 2.58. The molecule has 0 fully saturated rings. The van der Waals surface area contributed by atoms with Crippen LogP contribution in [0.3, 0.4) is 0 Å². The summed E-state index contributed by atoms with van der Waals surface area (Å²) in [7, 11) is 0. The predicted molar refractivity (Wildman–Crippen MR) is 61.2 cm³/mol. The van der Waals surface area contributed by atoms with E-state index in [-0.39, 0.29) is 0 Å². The SMILES string of the molecule is C[I-]C(C(C)I)C1C=CC(O)=CC1. The average molecular weight is 405 g/mol. The van der Waals surface area contributed by atoms with E-state index in [1.54, 1.807) is 0 Å². The summed E-state index contributed by atoms with van der Waals surface area (Å²) < 4.78 is 1.60. The molecule has 3 atom stereocenters. The van der Waals surface area contributed by atoms with Crippen LogP contribution in [0.25, 0.3) is 0 Å². The molecule has 1 aliphatic rings. The number of hydrogen-bond donors (Lipinski definition) is 1. The first-order valence-corrected chi connectivity index (χ1v) is 8.99. The van der Waals surface area contributed by atoms with Gasteiger partial charge in [-0.1, -0.05) is 0 Å². The maximum absolute atomic E-state index is 9.20. The second-order valence-electron chi connectivity index (χ2n) is 3.23. The molecule has 0 aromatic rings. The van der Waals surface area contributed by atoms with Gasteiger partial charge >= 0.3 is 105 Å². The first-order chi connectivity index (χ1) is 6.15. The van der Waals surface area contributed by atoms with Gasteiger partial charge in [0.05, 0.1) is 0 Å². The summed E-state index contributed by atoms with van der Waals surface area (Å²) in [5.74, 6) is 1.10. The van der Waals surface area contributed by atoms with Crippen molar-refractivity contribution in [3.63, 3.8) is 0 Å². The number of rotatable bonds is 3. The Bertz CT molecular complexity index is 221. The van der Waals surface area contributed by atoms with Gasteiger partial charge in [0, 0.05) is 0 Å². The van der Waals surface area contributed by atoms with Crippen molar-refractivity contribution < 1.29 is 26.3 Å². The zero-order valence-electron chi connectivity index (χ0n) is 7.87. The molecule has 3 heteroatoms. The van der Waals surface area contributed by atoms with Crippen LogP contribution in [0.5, 0.6) is 0 Å². The molecule has 1 N–H and O–H groups in total. The Morgan fingerprint density at radius 3 is 2.77 bits per heavy atom. The van der Waals surface area contributed by atoms with E-state index in [0.717, 1.165) is 14.3 Å². The van der Waals surface area contributed by atoms with Gasteiger partial charge in [-0.3, -0.25) is 0 Å². The fourth-order valence-corrected chi connectivity index (χ4v) is 6.34. The van der Waals surface area contributed by atoms with Crippen LogP contribution in [0.1, 0.15) is 13.3 Å². The quantitative estimate of drug-likeness (QED) is 0.515. The van der Waals surface area contributed by atoms with Crippen molar-refractivity contribution in [2.24, 2.45) is 5.92 Å². The van der Waals surface area contributed by atoms with Crippen molar-refractivity contribution in [3.8, 4) is 0 Å². The predicted octanol–water partition coefficient (Wildman–Crippen LogP) is -0.0847. The van der Waals surface area contributed by atoms with Crippen molar-refractivity contribution in [1.82, 2.24) is 0 Å². The Labute approximate surface area is 104 Å². The van der Waals surface area contributed by atoms with Crippen molar-refractivity contribution in [1.29, 1.82) is 0 Å². The van der Waals surface area contributed by atoms with E-state index in [0.29, 0.717) is 32.9 Å². The van der Waals surface area contributed by atoms with E-state index >= 15 is 0 Å². The number of aliphatic hydroxyl groups is 1. The number of alkyl halides is 3. The molecule has 1 aliphatic carbocycles. The van der Waals surface area contributed by atoms with E-state index in [1.165, 1.54) is 0 Å². The summed E-state index contributed by atoms with van der Waals surface area (Å²) in [6, 6.07) is 0. The van der Waals surface area contributed by atoms with E-state index in [1.807, 2.05) is 12.2 Å². The zero-order chi connectivity index (χ0) is 9.84. The molecule has 0 aromatic heterocycles. The van der Waals surface area contributed by atoms with Crippen LogP contribution in [0.15, 0.2) is 24.0 Å². The molecule has 1 rings (SSSR count). The standard InChI is InChI=1S/C10H15I2O/c1-7(11)10(12-2)8-3-5-9(13)6-4-8/h3,5-8,10,13H,4H2,1-2H3/q-1. The summed E-state index contributed by atoms with van der Waals surface area (Å²) in [6.07, 6.45) is 6.99. The van der Waals surface area contributed by atoms with Gasteiger partial charge in [-0.05, 0) is 0 Å². The van der Waals surface area contributed by atoms with Crippen LogP contribution in [0.4, 0.5) is 0 Å². The molecule has 3 unspecified atom stereocenters. The zero-order valence-corrected chi connectivity index (χ0v) is 12.2. The minimum absolute atomic E-state index is 0.292. The van der Waals surface area contributed by atoms with E-state index < -0.39 is 0 Å². The number of allylic oxidation sites excluding steroid dienone is 3. The van der Waals surface area contributed by atoms with Gasteiger partial charge in [-0.2, -0.15) is 0 Å². The summed E-state index contributed by atoms with van der Waals surface area (Å²) >= 11 is 2.81. The van der Waals surface area contributed by atoms with Gasteiger partial charge in [0.1, 0.15) is 0 Å². The first-order valence-electron chi connectivity index (χ1n) is 4.34. The molecular weight excluding hydrogens is 390 g/mol. The molecule has 0 amide bonds. The Kier molecular flexibility index (Phi) is 5.07. The van der Waals surface area contributed by atoms with E-state index in [4.69, 9.17) is 0 Å². The Morgan fingerprint density at radius 2 is 2.38 bits per heavy atom. The molecule has 0 bridgehead atoms. The van der Waals surface area contributed by atoms with E-state index in [9.17, 15) is 5.11 Å². The third-order valence-corrected chi connectivity index (χ3v) is 7.80. The van der Waals surface area contributed by atoms with Crippen LogP contribution in [0.2, 0.25) is 0 Å². The summed E-state index contributed by atoms with van der Waals surface area (Å²) in [5.41, 5.74) is 0. The molecule has 0 spiro atoms. The molecule has 0 radical (unpaired) electrons. The molecule has 76 valence electrons. The molecule has 0 aliphatic heterocycles.